The molecule has 0 bridgehead atoms. The van der Waals surface area contributed by atoms with Gasteiger partial charge in [-0.1, -0.05) is 23.2 Å². The van der Waals surface area contributed by atoms with E-state index in [2.05, 4.69) is 15.4 Å². The fourth-order valence-electron chi connectivity index (χ4n) is 2.74. The van der Waals surface area contributed by atoms with Crippen molar-refractivity contribution in [3.8, 4) is 0 Å². The molecule has 0 atom stereocenters. The van der Waals surface area contributed by atoms with Gasteiger partial charge < -0.3 is 5.32 Å². The summed E-state index contributed by atoms with van der Waals surface area (Å²) in [5.41, 5.74) is 2.44. The number of aryl methyl sites for hydroxylation is 1. The van der Waals surface area contributed by atoms with Crippen molar-refractivity contribution in [2.75, 3.05) is 5.32 Å². The lowest BCUT2D eigenvalue weighted by atomic mass is 10.2. The van der Waals surface area contributed by atoms with E-state index in [4.69, 9.17) is 11.6 Å². The summed E-state index contributed by atoms with van der Waals surface area (Å²) in [6.07, 6.45) is 1.43. The third kappa shape index (κ3) is 2.93. The molecule has 0 aliphatic carbocycles. The molecule has 1 N–H and O–H groups in total. The van der Waals surface area contributed by atoms with E-state index < -0.39 is 5.69 Å². The first-order valence-electron chi connectivity index (χ1n) is 7.91. The number of aromatic nitrogens is 4. The average molecular weight is 368 g/mol. The molecule has 7 nitrogen and oxygen atoms in total. The van der Waals surface area contributed by atoms with Crippen LogP contribution < -0.4 is 11.0 Å². The lowest BCUT2D eigenvalue weighted by molar-refractivity contribution is -0.117. The number of hydrogen-bond acceptors (Lipinski definition) is 4. The SMILES string of the molecule is Cc1ccc2ncn3c(=O)n(CC(=O)Nc4ccc(Cl)cc4)nc3c2c1. The van der Waals surface area contributed by atoms with Crippen molar-refractivity contribution >= 4 is 39.7 Å². The van der Waals surface area contributed by atoms with E-state index in [0.717, 1.165) is 21.1 Å². The number of carbonyl (C=O) groups is 1. The summed E-state index contributed by atoms with van der Waals surface area (Å²) in [7, 11) is 0. The van der Waals surface area contributed by atoms with Crippen LogP contribution in [-0.2, 0) is 11.3 Å². The van der Waals surface area contributed by atoms with Crippen LogP contribution in [0.25, 0.3) is 16.6 Å². The molecule has 2 aromatic heterocycles. The highest BCUT2D eigenvalue weighted by Gasteiger charge is 2.13. The van der Waals surface area contributed by atoms with Crippen molar-refractivity contribution in [1.82, 2.24) is 19.2 Å². The smallest absolute Gasteiger partial charge is 0.324 e. The van der Waals surface area contributed by atoms with Gasteiger partial charge in [-0.2, -0.15) is 0 Å². The number of halogens is 1. The Morgan fingerprint density at radius 2 is 1.96 bits per heavy atom. The third-order valence-electron chi connectivity index (χ3n) is 4.00. The number of fused-ring (bicyclic) bond motifs is 3. The van der Waals surface area contributed by atoms with Crippen molar-refractivity contribution in [1.29, 1.82) is 0 Å². The van der Waals surface area contributed by atoms with Gasteiger partial charge in [0, 0.05) is 16.1 Å². The van der Waals surface area contributed by atoms with Crippen LogP contribution in [-0.4, -0.2) is 25.1 Å². The van der Waals surface area contributed by atoms with E-state index in [1.54, 1.807) is 24.3 Å². The number of anilines is 1. The summed E-state index contributed by atoms with van der Waals surface area (Å²) in [5, 5.41) is 8.38. The van der Waals surface area contributed by atoms with Gasteiger partial charge in [0.2, 0.25) is 5.91 Å². The molecule has 26 heavy (non-hydrogen) atoms. The van der Waals surface area contributed by atoms with Gasteiger partial charge in [0.1, 0.15) is 12.9 Å². The summed E-state index contributed by atoms with van der Waals surface area (Å²) in [6.45, 7) is 1.76. The normalized spacial score (nSPS) is 11.2. The minimum absolute atomic E-state index is 0.198. The topological polar surface area (TPSA) is 81.3 Å². The zero-order valence-corrected chi connectivity index (χ0v) is 14.6. The summed E-state index contributed by atoms with van der Waals surface area (Å²) in [4.78, 5) is 29.0. The molecule has 0 radical (unpaired) electrons. The second-order valence-corrected chi connectivity index (χ2v) is 6.39. The first kappa shape index (κ1) is 16.3. The van der Waals surface area contributed by atoms with Gasteiger partial charge in [-0.05, 0) is 43.3 Å². The zero-order chi connectivity index (χ0) is 18.3. The van der Waals surface area contributed by atoms with Gasteiger partial charge in [-0.15, -0.1) is 5.10 Å². The molecule has 0 unspecified atom stereocenters. The van der Waals surface area contributed by atoms with Gasteiger partial charge in [0.15, 0.2) is 5.65 Å². The molecule has 8 heteroatoms. The van der Waals surface area contributed by atoms with Crippen LogP contribution in [0, 0.1) is 6.92 Å². The second-order valence-electron chi connectivity index (χ2n) is 5.95. The number of benzene rings is 2. The summed E-state index contributed by atoms with van der Waals surface area (Å²) in [6, 6.07) is 12.5. The Labute approximate surface area is 152 Å². The molecule has 0 spiro atoms. The number of nitrogens with zero attached hydrogens (tertiary/aromatic N) is 4. The van der Waals surface area contributed by atoms with E-state index in [0.29, 0.717) is 16.4 Å². The molecule has 2 aromatic carbocycles. The molecule has 130 valence electrons. The predicted molar refractivity (Wildman–Crippen MR) is 99.6 cm³/mol. The summed E-state index contributed by atoms with van der Waals surface area (Å²) < 4.78 is 2.47. The molecular weight excluding hydrogens is 354 g/mol. The van der Waals surface area contributed by atoms with Crippen LogP contribution >= 0.6 is 11.6 Å². The maximum atomic E-state index is 12.5. The minimum atomic E-state index is -0.415. The maximum Gasteiger partial charge on any atom is 0.352 e. The molecule has 0 saturated carbocycles. The van der Waals surface area contributed by atoms with Crippen molar-refractivity contribution < 1.29 is 4.79 Å². The molecule has 2 heterocycles. The molecule has 0 aliphatic heterocycles. The van der Waals surface area contributed by atoms with E-state index in [1.165, 1.54) is 10.7 Å². The molecule has 4 aromatic rings. The maximum absolute atomic E-state index is 12.5. The lowest BCUT2D eigenvalue weighted by Crippen LogP contribution is -2.28. The van der Waals surface area contributed by atoms with E-state index in [1.807, 2.05) is 25.1 Å². The van der Waals surface area contributed by atoms with Crippen LogP contribution in [0.5, 0.6) is 0 Å². The fourth-order valence-corrected chi connectivity index (χ4v) is 2.87. The Bertz CT molecular complexity index is 1190. The number of nitrogens with one attached hydrogen (secondary N) is 1. The van der Waals surface area contributed by atoms with Crippen LogP contribution in [0.3, 0.4) is 0 Å². The van der Waals surface area contributed by atoms with Crippen LogP contribution in [0.15, 0.2) is 53.6 Å². The van der Waals surface area contributed by atoms with E-state index in [9.17, 15) is 9.59 Å². The van der Waals surface area contributed by atoms with Crippen molar-refractivity contribution in [2.45, 2.75) is 13.5 Å². The molecular formula is C18H14ClN5O2. The Morgan fingerprint density at radius 1 is 1.19 bits per heavy atom. The van der Waals surface area contributed by atoms with Crippen molar-refractivity contribution in [3.63, 3.8) is 0 Å². The predicted octanol–water partition coefficient (Wildman–Crippen LogP) is 2.64. The highest BCUT2D eigenvalue weighted by Crippen LogP contribution is 2.17. The first-order valence-corrected chi connectivity index (χ1v) is 8.29. The van der Waals surface area contributed by atoms with Gasteiger partial charge in [0.05, 0.1) is 5.52 Å². The Kier molecular flexibility index (Phi) is 3.93. The summed E-state index contributed by atoms with van der Waals surface area (Å²) >= 11 is 5.83. The van der Waals surface area contributed by atoms with Crippen LogP contribution in [0.1, 0.15) is 5.56 Å². The average Bonchev–Trinajstić information content (AvgIpc) is 2.93. The van der Waals surface area contributed by atoms with E-state index >= 15 is 0 Å². The second kappa shape index (κ2) is 6.27. The standard InChI is InChI=1S/C18H14ClN5O2/c1-11-2-7-15-14(8-11)17-22-24(18(26)23(17)10-20-15)9-16(25)21-13-5-3-12(19)4-6-13/h2-8,10H,9H2,1H3,(H,21,25). The Balaban J connectivity index is 1.68. The number of rotatable bonds is 3. The van der Waals surface area contributed by atoms with Crippen LogP contribution in [0.2, 0.25) is 5.02 Å². The quantitative estimate of drug-likeness (QED) is 0.603. The zero-order valence-electron chi connectivity index (χ0n) is 13.8. The number of carbonyl (C=O) groups excluding carboxylic acids is 1. The Hall–Kier alpha value is -3.19. The van der Waals surface area contributed by atoms with Crippen molar-refractivity contribution in [3.05, 3.63) is 69.9 Å². The molecule has 0 aliphatic rings. The number of hydrogen-bond donors (Lipinski definition) is 1. The largest absolute Gasteiger partial charge is 0.352 e. The van der Waals surface area contributed by atoms with Crippen molar-refractivity contribution in [2.24, 2.45) is 0 Å². The monoisotopic (exact) mass is 367 g/mol. The van der Waals surface area contributed by atoms with Crippen LogP contribution in [0.4, 0.5) is 5.69 Å². The van der Waals surface area contributed by atoms with E-state index in [-0.39, 0.29) is 12.5 Å². The third-order valence-corrected chi connectivity index (χ3v) is 4.25. The minimum Gasteiger partial charge on any atom is -0.324 e. The van der Waals surface area contributed by atoms with Gasteiger partial charge in [-0.25, -0.2) is 18.9 Å². The highest BCUT2D eigenvalue weighted by molar-refractivity contribution is 6.30. The Morgan fingerprint density at radius 3 is 2.73 bits per heavy atom. The lowest BCUT2D eigenvalue weighted by Gasteiger charge is -2.04. The fraction of sp³-hybridized carbons (Fsp3) is 0.111. The van der Waals surface area contributed by atoms with Gasteiger partial charge in [0.25, 0.3) is 0 Å². The summed E-state index contributed by atoms with van der Waals surface area (Å²) in [5.74, 6) is -0.355. The molecule has 0 fully saturated rings. The first-order chi connectivity index (χ1) is 12.5. The molecule has 0 saturated heterocycles. The number of amides is 1. The van der Waals surface area contributed by atoms with Gasteiger partial charge in [-0.3, -0.25) is 4.79 Å². The van der Waals surface area contributed by atoms with Gasteiger partial charge >= 0.3 is 5.69 Å². The highest BCUT2D eigenvalue weighted by atomic mass is 35.5. The molecule has 1 amide bonds. The molecule has 4 rings (SSSR count).